The summed E-state index contributed by atoms with van der Waals surface area (Å²) in [5.41, 5.74) is 7.16. The number of rotatable bonds is 1. The smallest absolute Gasteiger partial charge is 0.119 e. The van der Waals surface area contributed by atoms with Gasteiger partial charge in [0.15, 0.2) is 0 Å². The Morgan fingerprint density at radius 1 is 1.24 bits per heavy atom. The Morgan fingerprint density at radius 3 is 2.76 bits per heavy atom. The molecule has 21 heavy (non-hydrogen) atoms. The zero-order valence-electron chi connectivity index (χ0n) is 13.1. The predicted molar refractivity (Wildman–Crippen MR) is 86.4 cm³/mol. The minimum absolute atomic E-state index is 0.0655. The molecule has 108 valence electrons. The number of hydrogen-bond donors (Lipinski definition) is 0. The highest BCUT2D eigenvalue weighted by atomic mass is 16.5. The van der Waals surface area contributed by atoms with Crippen LogP contribution in [0.5, 0.6) is 5.75 Å². The van der Waals surface area contributed by atoms with E-state index in [2.05, 4.69) is 62.2 Å². The standard InChI is InChI=1S/C19H21NO/c1-12-9-14(21-4)11-15-17-10-13-7-5-6-8-16(13)19(17,2)20(3)18(12)15/h5-9,11,17H,10H2,1-4H3/t17-,19-/m0/s1. The van der Waals surface area contributed by atoms with Crippen LogP contribution in [0.2, 0.25) is 0 Å². The van der Waals surface area contributed by atoms with Crippen LogP contribution >= 0.6 is 0 Å². The maximum absolute atomic E-state index is 5.50. The number of methoxy groups -OCH3 is 1. The fourth-order valence-corrected chi connectivity index (χ4v) is 4.47. The number of benzene rings is 2. The molecule has 2 aromatic carbocycles. The van der Waals surface area contributed by atoms with Crippen molar-refractivity contribution in [3.8, 4) is 5.75 Å². The maximum Gasteiger partial charge on any atom is 0.119 e. The molecule has 1 aliphatic heterocycles. The van der Waals surface area contributed by atoms with Crippen molar-refractivity contribution in [1.29, 1.82) is 0 Å². The van der Waals surface area contributed by atoms with Crippen LogP contribution in [0, 0.1) is 6.92 Å². The zero-order valence-corrected chi connectivity index (χ0v) is 13.1. The topological polar surface area (TPSA) is 12.5 Å². The molecule has 0 aromatic heterocycles. The molecule has 0 saturated carbocycles. The van der Waals surface area contributed by atoms with E-state index >= 15 is 0 Å². The number of hydrogen-bond acceptors (Lipinski definition) is 2. The molecule has 0 radical (unpaired) electrons. The third kappa shape index (κ3) is 1.43. The van der Waals surface area contributed by atoms with Crippen molar-refractivity contribution >= 4 is 5.69 Å². The van der Waals surface area contributed by atoms with Gasteiger partial charge in [0.05, 0.1) is 12.6 Å². The highest BCUT2D eigenvalue weighted by Crippen LogP contribution is 2.59. The molecular weight excluding hydrogens is 258 g/mol. The molecule has 2 aliphatic rings. The summed E-state index contributed by atoms with van der Waals surface area (Å²) >= 11 is 0. The second-order valence-electron chi connectivity index (χ2n) is 6.50. The summed E-state index contributed by atoms with van der Waals surface area (Å²) < 4.78 is 5.50. The number of likely N-dealkylation sites (N-methyl/N-ethyl adjacent to an activating group) is 1. The van der Waals surface area contributed by atoms with E-state index in [-0.39, 0.29) is 5.54 Å². The Hall–Kier alpha value is -1.96. The van der Waals surface area contributed by atoms with Gasteiger partial charge >= 0.3 is 0 Å². The number of nitrogens with zero attached hydrogens (tertiary/aromatic N) is 1. The van der Waals surface area contributed by atoms with Gasteiger partial charge in [-0.2, -0.15) is 0 Å². The number of anilines is 1. The SMILES string of the molecule is COc1cc(C)c2c(c1)[C@@H]1Cc3ccccc3[C@]1(C)N2C. The Morgan fingerprint density at radius 2 is 2.00 bits per heavy atom. The molecule has 0 N–H and O–H groups in total. The second kappa shape index (κ2) is 4.03. The lowest BCUT2D eigenvalue weighted by molar-refractivity contribution is 0.411. The quantitative estimate of drug-likeness (QED) is 0.782. The summed E-state index contributed by atoms with van der Waals surface area (Å²) in [5.74, 6) is 1.49. The molecule has 4 rings (SSSR count). The van der Waals surface area contributed by atoms with Crippen molar-refractivity contribution in [2.45, 2.75) is 31.7 Å². The molecule has 0 amide bonds. The first-order chi connectivity index (χ1) is 10.1. The van der Waals surface area contributed by atoms with Gasteiger partial charge in [0.1, 0.15) is 5.75 Å². The molecule has 1 heterocycles. The van der Waals surface area contributed by atoms with E-state index < -0.39 is 0 Å². The monoisotopic (exact) mass is 279 g/mol. The number of ether oxygens (including phenoxy) is 1. The lowest BCUT2D eigenvalue weighted by Gasteiger charge is -2.36. The van der Waals surface area contributed by atoms with Gasteiger partial charge in [-0.25, -0.2) is 0 Å². The summed E-state index contributed by atoms with van der Waals surface area (Å²) in [6.45, 7) is 4.57. The molecule has 0 fully saturated rings. The highest BCUT2D eigenvalue weighted by molar-refractivity contribution is 5.73. The van der Waals surface area contributed by atoms with Gasteiger partial charge in [-0.05, 0) is 54.7 Å². The third-order valence-corrected chi connectivity index (χ3v) is 5.61. The lowest BCUT2D eigenvalue weighted by atomic mass is 9.84. The second-order valence-corrected chi connectivity index (χ2v) is 6.50. The van der Waals surface area contributed by atoms with E-state index in [1.165, 1.54) is 27.9 Å². The first-order valence-electron chi connectivity index (χ1n) is 7.58. The Labute approximate surface area is 126 Å². The van der Waals surface area contributed by atoms with Gasteiger partial charge < -0.3 is 9.64 Å². The zero-order chi connectivity index (χ0) is 14.8. The van der Waals surface area contributed by atoms with E-state index in [4.69, 9.17) is 4.74 Å². The van der Waals surface area contributed by atoms with Crippen molar-refractivity contribution in [1.82, 2.24) is 0 Å². The molecular formula is C19H21NO. The van der Waals surface area contributed by atoms with Crippen molar-refractivity contribution < 1.29 is 4.74 Å². The van der Waals surface area contributed by atoms with Crippen LogP contribution < -0.4 is 9.64 Å². The third-order valence-electron chi connectivity index (χ3n) is 5.61. The molecule has 2 aromatic rings. The summed E-state index contributed by atoms with van der Waals surface area (Å²) in [4.78, 5) is 2.48. The fraction of sp³-hybridized carbons (Fsp3) is 0.368. The van der Waals surface area contributed by atoms with E-state index in [1.54, 1.807) is 7.11 Å². The minimum Gasteiger partial charge on any atom is -0.497 e. The molecule has 1 aliphatic carbocycles. The van der Waals surface area contributed by atoms with Gasteiger partial charge in [0, 0.05) is 18.7 Å². The first kappa shape index (κ1) is 12.8. The molecule has 2 nitrogen and oxygen atoms in total. The Balaban J connectivity index is 1.96. The van der Waals surface area contributed by atoms with Gasteiger partial charge in [0.2, 0.25) is 0 Å². The highest BCUT2D eigenvalue weighted by Gasteiger charge is 2.52. The van der Waals surface area contributed by atoms with Gasteiger partial charge in [-0.3, -0.25) is 0 Å². The molecule has 0 bridgehead atoms. The summed E-state index contributed by atoms with van der Waals surface area (Å²) in [6.07, 6.45) is 1.12. The average molecular weight is 279 g/mol. The van der Waals surface area contributed by atoms with Crippen molar-refractivity contribution in [3.63, 3.8) is 0 Å². The van der Waals surface area contributed by atoms with Gasteiger partial charge in [-0.1, -0.05) is 24.3 Å². The number of fused-ring (bicyclic) bond motifs is 5. The van der Waals surface area contributed by atoms with Crippen molar-refractivity contribution in [2.24, 2.45) is 0 Å². The Kier molecular flexibility index (Phi) is 2.45. The summed E-state index contributed by atoms with van der Waals surface area (Å²) in [6, 6.07) is 13.3. The molecule has 0 spiro atoms. The minimum atomic E-state index is 0.0655. The molecule has 0 unspecified atom stereocenters. The van der Waals surface area contributed by atoms with Crippen LogP contribution in [0.25, 0.3) is 0 Å². The van der Waals surface area contributed by atoms with Gasteiger partial charge in [0.25, 0.3) is 0 Å². The summed E-state index contributed by atoms with van der Waals surface area (Å²) in [7, 11) is 3.99. The fourth-order valence-electron chi connectivity index (χ4n) is 4.47. The van der Waals surface area contributed by atoms with Crippen LogP contribution in [0.3, 0.4) is 0 Å². The van der Waals surface area contributed by atoms with E-state index in [0.29, 0.717) is 5.92 Å². The van der Waals surface area contributed by atoms with Crippen molar-refractivity contribution in [2.75, 3.05) is 19.1 Å². The molecule has 0 saturated heterocycles. The number of aryl methyl sites for hydroxylation is 1. The maximum atomic E-state index is 5.50. The van der Waals surface area contributed by atoms with E-state index in [1.807, 2.05) is 0 Å². The molecule has 2 heteroatoms. The normalized spacial score (nSPS) is 25.5. The molecule has 2 atom stereocenters. The lowest BCUT2D eigenvalue weighted by Crippen LogP contribution is -2.38. The predicted octanol–water partition coefficient (Wildman–Crippen LogP) is 4.01. The van der Waals surface area contributed by atoms with Gasteiger partial charge in [-0.15, -0.1) is 0 Å². The van der Waals surface area contributed by atoms with Crippen LogP contribution in [0.4, 0.5) is 5.69 Å². The van der Waals surface area contributed by atoms with Crippen LogP contribution in [-0.4, -0.2) is 14.2 Å². The average Bonchev–Trinajstić information content (AvgIpc) is 2.90. The van der Waals surface area contributed by atoms with Crippen LogP contribution in [-0.2, 0) is 12.0 Å². The first-order valence-corrected chi connectivity index (χ1v) is 7.58. The largest absolute Gasteiger partial charge is 0.497 e. The summed E-state index contributed by atoms with van der Waals surface area (Å²) in [5, 5.41) is 0. The van der Waals surface area contributed by atoms with E-state index in [9.17, 15) is 0 Å². The van der Waals surface area contributed by atoms with Crippen LogP contribution in [0.1, 0.15) is 35.1 Å². The van der Waals surface area contributed by atoms with E-state index in [0.717, 1.165) is 12.2 Å². The Bertz CT molecular complexity index is 736. The van der Waals surface area contributed by atoms with Crippen molar-refractivity contribution in [3.05, 3.63) is 58.7 Å². The van der Waals surface area contributed by atoms with Crippen LogP contribution in [0.15, 0.2) is 36.4 Å².